The van der Waals surface area contributed by atoms with Gasteiger partial charge >= 0.3 is 0 Å². The van der Waals surface area contributed by atoms with Crippen LogP contribution in [-0.2, 0) is 14.8 Å². The average molecular weight is 338 g/mol. The first kappa shape index (κ1) is 17.9. The van der Waals surface area contributed by atoms with E-state index in [1.165, 1.54) is 4.31 Å². The molecule has 0 aromatic heterocycles. The Kier molecular flexibility index (Phi) is 5.47. The lowest BCUT2D eigenvalue weighted by Crippen LogP contribution is -2.43. The highest BCUT2D eigenvalue weighted by Crippen LogP contribution is 2.25. The molecule has 23 heavy (non-hydrogen) atoms. The zero-order chi connectivity index (χ0) is 17.2. The highest BCUT2D eigenvalue weighted by Gasteiger charge is 2.32. The predicted molar refractivity (Wildman–Crippen MR) is 90.7 cm³/mol. The van der Waals surface area contributed by atoms with Crippen LogP contribution in [0.1, 0.15) is 30.9 Å². The lowest BCUT2D eigenvalue weighted by Gasteiger charge is -2.32. The molecule has 1 amide bonds. The molecule has 1 heterocycles. The normalized spacial score (nSPS) is 17.2. The molecule has 1 aromatic rings. The number of nitrogens with zero attached hydrogens (tertiary/aromatic N) is 2. The van der Waals surface area contributed by atoms with Crippen molar-refractivity contribution in [2.24, 2.45) is 5.92 Å². The lowest BCUT2D eigenvalue weighted by molar-refractivity contribution is -0.135. The van der Waals surface area contributed by atoms with Gasteiger partial charge in [-0.1, -0.05) is 6.07 Å². The summed E-state index contributed by atoms with van der Waals surface area (Å²) in [6.45, 7) is 7.32. The molecular formula is C17H26N2O3S. The topological polar surface area (TPSA) is 57.7 Å². The van der Waals surface area contributed by atoms with E-state index < -0.39 is 10.0 Å². The Bertz CT molecular complexity index is 677. The second-order valence-electron chi connectivity index (χ2n) is 6.28. The second-order valence-corrected chi connectivity index (χ2v) is 8.21. The van der Waals surface area contributed by atoms with E-state index >= 15 is 0 Å². The van der Waals surface area contributed by atoms with Crippen LogP contribution < -0.4 is 0 Å². The summed E-state index contributed by atoms with van der Waals surface area (Å²) in [5.74, 6) is 0.0573. The van der Waals surface area contributed by atoms with Crippen molar-refractivity contribution in [3.8, 4) is 0 Å². The van der Waals surface area contributed by atoms with Gasteiger partial charge in [0, 0.05) is 32.6 Å². The van der Waals surface area contributed by atoms with E-state index in [2.05, 4.69) is 0 Å². The molecule has 1 aromatic carbocycles. The van der Waals surface area contributed by atoms with Crippen molar-refractivity contribution in [2.75, 3.05) is 26.7 Å². The first-order valence-corrected chi connectivity index (χ1v) is 9.53. The maximum atomic E-state index is 12.7. The van der Waals surface area contributed by atoms with Gasteiger partial charge < -0.3 is 4.90 Å². The van der Waals surface area contributed by atoms with Crippen LogP contribution in [0.25, 0.3) is 0 Å². The molecule has 1 saturated heterocycles. The standard InChI is InChI=1S/C17H26N2O3S/c1-5-18(4)17(20)15-8-10-19(11-9-15)23(21,22)16-7-6-13(2)14(3)12-16/h6-7,12,15H,5,8-11H2,1-4H3. The smallest absolute Gasteiger partial charge is 0.243 e. The maximum Gasteiger partial charge on any atom is 0.243 e. The van der Waals surface area contributed by atoms with Gasteiger partial charge in [0.1, 0.15) is 0 Å². The minimum atomic E-state index is -3.47. The number of benzene rings is 1. The first-order chi connectivity index (χ1) is 10.8. The van der Waals surface area contributed by atoms with Gasteiger partial charge in [0.15, 0.2) is 0 Å². The van der Waals surface area contributed by atoms with Gasteiger partial charge in [-0.2, -0.15) is 4.31 Å². The molecule has 0 unspecified atom stereocenters. The number of hydrogen-bond acceptors (Lipinski definition) is 3. The molecule has 6 heteroatoms. The summed E-state index contributed by atoms with van der Waals surface area (Å²) in [6.07, 6.45) is 1.18. The number of carbonyl (C=O) groups excluding carboxylic acids is 1. The molecule has 0 atom stereocenters. The van der Waals surface area contributed by atoms with E-state index in [9.17, 15) is 13.2 Å². The fourth-order valence-electron chi connectivity index (χ4n) is 2.83. The zero-order valence-corrected chi connectivity index (χ0v) is 15.2. The molecule has 0 N–H and O–H groups in total. The summed E-state index contributed by atoms with van der Waals surface area (Å²) in [5, 5.41) is 0. The maximum absolute atomic E-state index is 12.7. The van der Waals surface area contributed by atoms with Gasteiger partial charge in [0.05, 0.1) is 4.90 Å². The van der Waals surface area contributed by atoms with E-state index in [0.717, 1.165) is 11.1 Å². The third kappa shape index (κ3) is 3.75. The molecule has 1 fully saturated rings. The summed E-state index contributed by atoms with van der Waals surface area (Å²) < 4.78 is 27.0. The molecule has 1 aliphatic heterocycles. The highest BCUT2D eigenvalue weighted by molar-refractivity contribution is 7.89. The van der Waals surface area contributed by atoms with Crippen LogP contribution in [0.4, 0.5) is 0 Å². The van der Waals surface area contributed by atoms with Gasteiger partial charge in [-0.05, 0) is 56.9 Å². The van der Waals surface area contributed by atoms with Gasteiger partial charge in [-0.25, -0.2) is 8.42 Å². The summed E-state index contributed by atoms with van der Waals surface area (Å²) >= 11 is 0. The Morgan fingerprint density at radius 2 is 1.83 bits per heavy atom. The Morgan fingerprint density at radius 3 is 2.35 bits per heavy atom. The van der Waals surface area contributed by atoms with Crippen molar-refractivity contribution in [3.05, 3.63) is 29.3 Å². The van der Waals surface area contributed by atoms with Crippen LogP contribution in [0.3, 0.4) is 0 Å². The van der Waals surface area contributed by atoms with Gasteiger partial charge in [0.25, 0.3) is 0 Å². The number of sulfonamides is 1. The van der Waals surface area contributed by atoms with Crippen molar-refractivity contribution < 1.29 is 13.2 Å². The highest BCUT2D eigenvalue weighted by atomic mass is 32.2. The second kappa shape index (κ2) is 7.01. The summed E-state index contributed by atoms with van der Waals surface area (Å²) in [4.78, 5) is 14.2. The van der Waals surface area contributed by atoms with Crippen molar-refractivity contribution in [1.29, 1.82) is 0 Å². The minimum absolute atomic E-state index is 0.0637. The van der Waals surface area contributed by atoms with Crippen LogP contribution in [0.5, 0.6) is 0 Å². The van der Waals surface area contributed by atoms with Crippen molar-refractivity contribution in [3.63, 3.8) is 0 Å². The van der Waals surface area contributed by atoms with Crippen LogP contribution in [0.2, 0.25) is 0 Å². The van der Waals surface area contributed by atoms with Crippen LogP contribution in [0, 0.1) is 19.8 Å². The summed E-state index contributed by atoms with van der Waals surface area (Å²) in [7, 11) is -1.68. The quantitative estimate of drug-likeness (QED) is 0.845. The molecule has 128 valence electrons. The number of amides is 1. The molecule has 1 aliphatic rings. The molecule has 5 nitrogen and oxygen atoms in total. The minimum Gasteiger partial charge on any atom is -0.346 e. The van der Waals surface area contributed by atoms with Gasteiger partial charge in [-0.15, -0.1) is 0 Å². The van der Waals surface area contributed by atoms with E-state index in [-0.39, 0.29) is 11.8 Å². The van der Waals surface area contributed by atoms with Crippen molar-refractivity contribution in [2.45, 2.75) is 38.5 Å². The van der Waals surface area contributed by atoms with E-state index in [0.29, 0.717) is 37.4 Å². The van der Waals surface area contributed by atoms with E-state index in [1.54, 1.807) is 24.1 Å². The fraction of sp³-hybridized carbons (Fsp3) is 0.588. The third-order valence-electron chi connectivity index (χ3n) is 4.77. The van der Waals surface area contributed by atoms with Gasteiger partial charge in [0.2, 0.25) is 15.9 Å². The molecule has 0 bridgehead atoms. The Hall–Kier alpha value is -1.40. The summed E-state index contributed by atoms with van der Waals surface area (Å²) in [5.41, 5.74) is 2.05. The monoisotopic (exact) mass is 338 g/mol. The third-order valence-corrected chi connectivity index (χ3v) is 6.66. The average Bonchev–Trinajstić information content (AvgIpc) is 2.55. The van der Waals surface area contributed by atoms with Crippen LogP contribution >= 0.6 is 0 Å². The number of aryl methyl sites for hydroxylation is 2. The van der Waals surface area contributed by atoms with Crippen LogP contribution in [0.15, 0.2) is 23.1 Å². The Morgan fingerprint density at radius 1 is 1.22 bits per heavy atom. The number of hydrogen-bond donors (Lipinski definition) is 0. The largest absolute Gasteiger partial charge is 0.346 e. The van der Waals surface area contributed by atoms with E-state index in [4.69, 9.17) is 0 Å². The lowest BCUT2D eigenvalue weighted by atomic mass is 9.97. The number of carbonyl (C=O) groups is 1. The molecule has 0 spiro atoms. The van der Waals surface area contributed by atoms with Crippen molar-refractivity contribution >= 4 is 15.9 Å². The molecule has 0 radical (unpaired) electrons. The van der Waals surface area contributed by atoms with Gasteiger partial charge in [-0.3, -0.25) is 4.79 Å². The predicted octanol–water partition coefficient (Wildman–Crippen LogP) is 2.18. The van der Waals surface area contributed by atoms with Crippen LogP contribution in [-0.4, -0.2) is 50.2 Å². The SMILES string of the molecule is CCN(C)C(=O)C1CCN(S(=O)(=O)c2ccc(C)c(C)c2)CC1. The molecule has 0 aliphatic carbocycles. The Balaban J connectivity index is 2.09. The van der Waals surface area contributed by atoms with Crippen molar-refractivity contribution in [1.82, 2.24) is 9.21 Å². The summed E-state index contributed by atoms with van der Waals surface area (Å²) in [6, 6.07) is 5.24. The molecule has 0 saturated carbocycles. The Labute approximate surface area is 139 Å². The number of rotatable bonds is 4. The zero-order valence-electron chi connectivity index (χ0n) is 14.4. The molecular weight excluding hydrogens is 312 g/mol. The first-order valence-electron chi connectivity index (χ1n) is 8.09. The fourth-order valence-corrected chi connectivity index (χ4v) is 4.39. The molecule has 2 rings (SSSR count). The number of piperidine rings is 1. The van der Waals surface area contributed by atoms with E-state index in [1.807, 2.05) is 26.8 Å².